The highest BCUT2D eigenvalue weighted by molar-refractivity contribution is 6.62. The molecule has 1 fully saturated rings. The van der Waals surface area contributed by atoms with E-state index in [-0.39, 0.29) is 11.2 Å². The zero-order valence-corrected chi connectivity index (χ0v) is 15.3. The fourth-order valence-corrected chi connectivity index (χ4v) is 2.61. The smallest absolute Gasteiger partial charge is 0.465 e. The monoisotopic (exact) mass is 337 g/mol. The van der Waals surface area contributed by atoms with Gasteiger partial charge in [0.25, 0.3) is 0 Å². The molecule has 0 aromatic heterocycles. The number of benzene rings is 1. The van der Waals surface area contributed by atoms with Crippen molar-refractivity contribution in [3.8, 4) is 0 Å². The molecule has 132 valence electrons. The van der Waals surface area contributed by atoms with E-state index in [1.54, 1.807) is 32.9 Å². The van der Waals surface area contributed by atoms with Gasteiger partial charge in [-0.15, -0.1) is 0 Å². The van der Waals surface area contributed by atoms with Gasteiger partial charge in [-0.3, -0.25) is 4.90 Å². The number of carbonyl (C=O) groups is 1. The average molecular weight is 337 g/mol. The van der Waals surface area contributed by atoms with Gasteiger partial charge in [-0.05, 0) is 54.5 Å². The molecule has 1 amide bonds. The van der Waals surface area contributed by atoms with Crippen LogP contribution in [0.15, 0.2) is 18.2 Å². The Bertz CT molecular complexity index is 638. The second-order valence-corrected chi connectivity index (χ2v) is 8.06. The van der Waals surface area contributed by atoms with Crippen LogP contribution in [0.2, 0.25) is 0 Å². The van der Waals surface area contributed by atoms with E-state index in [1.807, 2.05) is 27.7 Å². The van der Waals surface area contributed by atoms with Crippen LogP contribution in [0.25, 0.3) is 0 Å². The van der Waals surface area contributed by atoms with Gasteiger partial charge in [-0.25, -0.2) is 9.18 Å². The van der Waals surface area contributed by atoms with E-state index >= 15 is 4.39 Å². The molecule has 0 spiro atoms. The van der Waals surface area contributed by atoms with Crippen molar-refractivity contribution in [3.05, 3.63) is 24.0 Å². The number of nitrogens with zero attached hydrogens (tertiary/aromatic N) is 1. The summed E-state index contributed by atoms with van der Waals surface area (Å²) in [4.78, 5) is 12.6. The lowest BCUT2D eigenvalue weighted by atomic mass is 9.78. The summed E-state index contributed by atoms with van der Waals surface area (Å²) in [5.41, 5.74) is -1.81. The van der Waals surface area contributed by atoms with Gasteiger partial charge >= 0.3 is 13.2 Å². The Kier molecular flexibility index (Phi) is 4.48. The Morgan fingerprint density at radius 3 is 2.08 bits per heavy atom. The van der Waals surface area contributed by atoms with Crippen molar-refractivity contribution in [1.29, 1.82) is 0 Å². The van der Waals surface area contributed by atoms with Crippen LogP contribution in [0.4, 0.5) is 14.9 Å². The van der Waals surface area contributed by atoms with Crippen LogP contribution in [-0.2, 0) is 9.31 Å². The van der Waals surface area contributed by atoms with Crippen LogP contribution in [0.3, 0.4) is 0 Å². The molecule has 1 N–H and O–H groups in total. The quantitative estimate of drug-likeness (QED) is 0.841. The summed E-state index contributed by atoms with van der Waals surface area (Å²) in [5, 5.41) is 9.51. The molecule has 0 bridgehead atoms. The maximum atomic E-state index is 15.1. The van der Waals surface area contributed by atoms with Crippen LogP contribution in [0.5, 0.6) is 0 Å². The number of rotatable bonds is 2. The molecule has 24 heavy (non-hydrogen) atoms. The molecule has 1 aliphatic rings. The van der Waals surface area contributed by atoms with Crippen molar-refractivity contribution in [2.45, 2.75) is 65.2 Å². The number of carboxylic acid groups (broad SMARTS) is 1. The number of amides is 1. The van der Waals surface area contributed by atoms with Crippen molar-refractivity contribution in [2.24, 2.45) is 0 Å². The molecule has 0 aliphatic carbocycles. The summed E-state index contributed by atoms with van der Waals surface area (Å²) in [7, 11) is -0.884. The second kappa shape index (κ2) is 5.74. The molecule has 0 unspecified atom stereocenters. The van der Waals surface area contributed by atoms with E-state index in [0.29, 0.717) is 0 Å². The molecule has 1 aromatic carbocycles. The lowest BCUT2D eigenvalue weighted by Gasteiger charge is -2.33. The lowest BCUT2D eigenvalue weighted by Crippen LogP contribution is -2.47. The average Bonchev–Trinajstić information content (AvgIpc) is 2.58. The van der Waals surface area contributed by atoms with Crippen molar-refractivity contribution in [1.82, 2.24) is 0 Å². The van der Waals surface area contributed by atoms with Gasteiger partial charge in [0.05, 0.1) is 16.9 Å². The van der Waals surface area contributed by atoms with E-state index in [0.717, 1.165) is 4.90 Å². The minimum atomic E-state index is -1.22. The summed E-state index contributed by atoms with van der Waals surface area (Å²) in [6, 6.07) is 4.62. The minimum absolute atomic E-state index is 0.0118. The first-order valence-corrected chi connectivity index (χ1v) is 7.95. The van der Waals surface area contributed by atoms with E-state index in [4.69, 9.17) is 9.31 Å². The van der Waals surface area contributed by atoms with Crippen LogP contribution >= 0.6 is 0 Å². The Morgan fingerprint density at radius 1 is 1.17 bits per heavy atom. The van der Waals surface area contributed by atoms with Gasteiger partial charge in [0.2, 0.25) is 0 Å². The summed E-state index contributed by atoms with van der Waals surface area (Å²) >= 11 is 0. The zero-order valence-electron chi connectivity index (χ0n) is 15.3. The highest BCUT2D eigenvalue weighted by atomic mass is 19.1. The standard InChI is InChI=1S/C17H25BFNO4/c1-15(2,3)20(14(21)22)12-10-8-9-11(13(12)19)18-23-16(4,5)17(6,7)24-18/h8-10H,1-7H3,(H,21,22). The summed E-state index contributed by atoms with van der Waals surface area (Å²) in [5.74, 6) is -0.645. The molecule has 7 heteroatoms. The maximum absolute atomic E-state index is 15.1. The Hall–Kier alpha value is -1.60. The normalized spacial score (nSPS) is 19.4. The van der Waals surface area contributed by atoms with Crippen molar-refractivity contribution in [3.63, 3.8) is 0 Å². The van der Waals surface area contributed by atoms with Crippen LogP contribution in [0.1, 0.15) is 48.5 Å². The molecule has 0 radical (unpaired) electrons. The molecule has 0 saturated carbocycles. The second-order valence-electron chi connectivity index (χ2n) is 8.06. The molecule has 5 nitrogen and oxygen atoms in total. The van der Waals surface area contributed by atoms with Crippen LogP contribution < -0.4 is 10.4 Å². The Labute approximate surface area is 142 Å². The molecule has 1 saturated heterocycles. The van der Waals surface area contributed by atoms with E-state index in [2.05, 4.69) is 0 Å². The third kappa shape index (κ3) is 3.15. The molecular weight excluding hydrogens is 312 g/mol. The third-order valence-corrected chi connectivity index (χ3v) is 4.62. The molecule has 1 aliphatic heterocycles. The fraction of sp³-hybridized carbons (Fsp3) is 0.588. The largest absolute Gasteiger partial charge is 0.497 e. The molecule has 0 atom stereocenters. The van der Waals surface area contributed by atoms with Crippen molar-refractivity contribution < 1.29 is 23.6 Å². The summed E-state index contributed by atoms with van der Waals surface area (Å²) in [6.45, 7) is 12.7. The summed E-state index contributed by atoms with van der Waals surface area (Å²) in [6.07, 6.45) is -1.22. The topological polar surface area (TPSA) is 59.0 Å². The first kappa shape index (κ1) is 18.7. The Morgan fingerprint density at radius 2 is 1.67 bits per heavy atom. The van der Waals surface area contributed by atoms with Crippen LogP contribution in [-0.4, -0.2) is 35.1 Å². The summed E-state index contributed by atoms with van der Waals surface area (Å²) < 4.78 is 26.9. The first-order chi connectivity index (χ1) is 10.8. The third-order valence-electron chi connectivity index (χ3n) is 4.62. The van der Waals surface area contributed by atoms with Crippen LogP contribution in [0, 0.1) is 5.82 Å². The molecule has 2 rings (SSSR count). The van der Waals surface area contributed by atoms with Crippen molar-refractivity contribution in [2.75, 3.05) is 4.90 Å². The molecule has 1 heterocycles. The zero-order chi connectivity index (χ0) is 18.5. The molecular formula is C17H25BFNO4. The van der Waals surface area contributed by atoms with E-state index in [1.165, 1.54) is 6.07 Å². The van der Waals surface area contributed by atoms with Gasteiger partial charge in [0.15, 0.2) is 0 Å². The van der Waals surface area contributed by atoms with Gasteiger partial charge < -0.3 is 14.4 Å². The number of hydrogen-bond acceptors (Lipinski definition) is 3. The van der Waals surface area contributed by atoms with Gasteiger partial charge in [-0.1, -0.05) is 12.1 Å². The fourth-order valence-electron chi connectivity index (χ4n) is 2.61. The number of halogens is 1. The van der Waals surface area contributed by atoms with E-state index < -0.39 is 35.8 Å². The van der Waals surface area contributed by atoms with E-state index in [9.17, 15) is 9.90 Å². The Balaban J connectivity index is 2.48. The lowest BCUT2D eigenvalue weighted by molar-refractivity contribution is 0.00578. The predicted octanol–water partition coefficient (Wildman–Crippen LogP) is 3.41. The minimum Gasteiger partial charge on any atom is -0.465 e. The highest BCUT2D eigenvalue weighted by Gasteiger charge is 2.52. The number of anilines is 1. The SMILES string of the molecule is CC(C)(C)N(C(=O)O)c1cccc(B2OC(C)(C)C(C)(C)O2)c1F. The predicted molar refractivity (Wildman–Crippen MR) is 92.4 cm³/mol. The van der Waals surface area contributed by atoms with Crippen molar-refractivity contribution >= 4 is 24.4 Å². The van der Waals surface area contributed by atoms with Gasteiger partial charge in [0.1, 0.15) is 5.82 Å². The first-order valence-electron chi connectivity index (χ1n) is 7.95. The van der Waals surface area contributed by atoms with Gasteiger partial charge in [-0.2, -0.15) is 0 Å². The number of hydrogen-bond donors (Lipinski definition) is 1. The van der Waals surface area contributed by atoms with Gasteiger partial charge in [0, 0.05) is 11.0 Å². The highest BCUT2D eigenvalue weighted by Crippen LogP contribution is 2.37. The molecule has 1 aromatic rings. The maximum Gasteiger partial charge on any atom is 0.497 e.